The van der Waals surface area contributed by atoms with Crippen molar-refractivity contribution in [1.29, 1.82) is 0 Å². The SMILES string of the molecule is O=c1c2[nH]c(CN3CCCCC3)cc2c(C2CC2)cn1-c1cccc(C2(c3nncn3C3CC3)CC3(CC3)C2)c1. The Morgan fingerprint density at radius 2 is 1.82 bits per heavy atom. The van der Waals surface area contributed by atoms with Crippen LogP contribution in [0.1, 0.15) is 105 Å². The van der Waals surface area contributed by atoms with Gasteiger partial charge in [-0.25, -0.2) is 0 Å². The van der Waals surface area contributed by atoms with Gasteiger partial charge < -0.3 is 9.55 Å². The molecule has 206 valence electrons. The molecule has 0 bridgehead atoms. The van der Waals surface area contributed by atoms with Gasteiger partial charge in [0.1, 0.15) is 17.7 Å². The lowest BCUT2D eigenvalue weighted by Gasteiger charge is -2.48. The molecule has 4 aliphatic carbocycles. The second kappa shape index (κ2) is 8.41. The van der Waals surface area contributed by atoms with Gasteiger partial charge in [0.05, 0.1) is 5.41 Å². The molecular weight excluding hydrogens is 496 g/mol. The van der Waals surface area contributed by atoms with Crippen LogP contribution < -0.4 is 5.56 Å². The monoisotopic (exact) mass is 534 g/mol. The van der Waals surface area contributed by atoms with Crippen molar-refractivity contribution in [3.8, 4) is 5.69 Å². The van der Waals surface area contributed by atoms with E-state index in [1.165, 1.54) is 74.6 Å². The normalized spacial score (nSPS) is 23.5. The average Bonchev–Trinajstić information content (AvgIpc) is 3.88. The summed E-state index contributed by atoms with van der Waals surface area (Å²) in [6.45, 7) is 3.21. The van der Waals surface area contributed by atoms with Crippen molar-refractivity contribution < 1.29 is 0 Å². The predicted molar refractivity (Wildman–Crippen MR) is 155 cm³/mol. The minimum Gasteiger partial charge on any atom is -0.353 e. The molecule has 0 radical (unpaired) electrons. The number of piperidine rings is 1. The molecule has 4 saturated carbocycles. The number of aromatic nitrogens is 5. The highest BCUT2D eigenvalue weighted by Crippen LogP contribution is 2.70. The highest BCUT2D eigenvalue weighted by molar-refractivity contribution is 5.84. The minimum atomic E-state index is -0.104. The van der Waals surface area contributed by atoms with Crippen LogP contribution in [0.3, 0.4) is 0 Å². The Labute approximate surface area is 234 Å². The number of nitrogens with zero attached hydrogens (tertiary/aromatic N) is 5. The van der Waals surface area contributed by atoms with E-state index in [2.05, 4.69) is 56.1 Å². The molecule has 0 atom stereocenters. The molecule has 9 rings (SSSR count). The third-order valence-electron chi connectivity index (χ3n) is 10.7. The molecule has 1 spiro atoms. The van der Waals surface area contributed by atoms with Gasteiger partial charge in [0.25, 0.3) is 5.56 Å². The Kier molecular flexibility index (Phi) is 4.95. The first-order valence-corrected chi connectivity index (χ1v) is 15.6. The zero-order chi connectivity index (χ0) is 26.5. The Bertz CT molecular complexity index is 1670. The molecule has 0 unspecified atom stereocenters. The van der Waals surface area contributed by atoms with Crippen LogP contribution in [-0.4, -0.2) is 42.3 Å². The topological polar surface area (TPSA) is 71.7 Å². The van der Waals surface area contributed by atoms with Gasteiger partial charge in [-0.1, -0.05) is 18.6 Å². The lowest BCUT2D eigenvalue weighted by Crippen LogP contribution is -2.45. The largest absolute Gasteiger partial charge is 0.353 e. The van der Waals surface area contributed by atoms with Crippen molar-refractivity contribution >= 4 is 10.9 Å². The highest BCUT2D eigenvalue weighted by atomic mass is 16.1. The number of pyridine rings is 1. The summed E-state index contributed by atoms with van der Waals surface area (Å²) in [4.78, 5) is 20.2. The molecule has 40 heavy (non-hydrogen) atoms. The lowest BCUT2D eigenvalue weighted by atomic mass is 9.56. The summed E-state index contributed by atoms with van der Waals surface area (Å²) in [5.74, 6) is 1.69. The number of rotatable bonds is 7. The maximum absolute atomic E-state index is 14.1. The summed E-state index contributed by atoms with van der Waals surface area (Å²) >= 11 is 0. The van der Waals surface area contributed by atoms with Crippen LogP contribution in [0.25, 0.3) is 16.6 Å². The second-order valence-corrected chi connectivity index (χ2v) is 13.7. The molecule has 5 fully saturated rings. The molecule has 0 amide bonds. The van der Waals surface area contributed by atoms with E-state index in [1.54, 1.807) is 0 Å². The Balaban J connectivity index is 1.13. The van der Waals surface area contributed by atoms with Gasteiger partial charge in [-0.15, -0.1) is 10.2 Å². The van der Waals surface area contributed by atoms with Crippen molar-refractivity contribution in [3.63, 3.8) is 0 Å². The third-order valence-corrected chi connectivity index (χ3v) is 10.7. The summed E-state index contributed by atoms with van der Waals surface area (Å²) in [5, 5.41) is 10.3. The Morgan fingerprint density at radius 3 is 2.58 bits per heavy atom. The molecule has 1 aliphatic heterocycles. The molecular formula is C33H38N6O. The molecule has 7 nitrogen and oxygen atoms in total. The smallest absolute Gasteiger partial charge is 0.279 e. The van der Waals surface area contributed by atoms with Crippen molar-refractivity contribution in [2.45, 2.75) is 94.5 Å². The van der Waals surface area contributed by atoms with Crippen LogP contribution in [0, 0.1) is 5.41 Å². The van der Waals surface area contributed by atoms with E-state index >= 15 is 0 Å². The quantitative estimate of drug-likeness (QED) is 0.317. The van der Waals surface area contributed by atoms with Crippen LogP contribution in [0.2, 0.25) is 0 Å². The summed E-state index contributed by atoms with van der Waals surface area (Å²) in [5.41, 5.74) is 5.97. The number of benzene rings is 1. The summed E-state index contributed by atoms with van der Waals surface area (Å²) < 4.78 is 4.28. The fourth-order valence-corrected chi connectivity index (χ4v) is 8.06. The molecule has 4 heterocycles. The maximum atomic E-state index is 14.1. The molecule has 1 saturated heterocycles. The van der Waals surface area contributed by atoms with Gasteiger partial charge in [-0.05, 0) is 118 Å². The molecule has 4 aromatic rings. The number of hydrogen-bond donors (Lipinski definition) is 1. The van der Waals surface area contributed by atoms with Crippen molar-refractivity contribution in [3.05, 3.63) is 75.9 Å². The van der Waals surface area contributed by atoms with E-state index in [4.69, 9.17) is 5.10 Å². The summed E-state index contributed by atoms with van der Waals surface area (Å²) in [6, 6.07) is 11.6. The number of H-pyrrole nitrogens is 1. The number of fused-ring (bicyclic) bond motifs is 1. The number of likely N-dealkylation sites (tertiary alicyclic amines) is 1. The van der Waals surface area contributed by atoms with Crippen molar-refractivity contribution in [2.75, 3.05) is 13.1 Å². The van der Waals surface area contributed by atoms with Gasteiger partial charge in [-0.2, -0.15) is 0 Å². The molecule has 7 heteroatoms. The second-order valence-electron chi connectivity index (χ2n) is 13.7. The number of nitrogens with one attached hydrogen (secondary N) is 1. The average molecular weight is 535 g/mol. The van der Waals surface area contributed by atoms with E-state index in [-0.39, 0.29) is 11.0 Å². The fraction of sp³-hybridized carbons (Fsp3) is 0.545. The first kappa shape index (κ1) is 23.5. The van der Waals surface area contributed by atoms with E-state index in [0.29, 0.717) is 17.4 Å². The first-order valence-electron chi connectivity index (χ1n) is 15.6. The lowest BCUT2D eigenvalue weighted by molar-refractivity contribution is 0.144. The van der Waals surface area contributed by atoms with Crippen LogP contribution in [0.4, 0.5) is 0 Å². The summed E-state index contributed by atoms with van der Waals surface area (Å²) in [6.07, 6.45) is 17.8. The van der Waals surface area contributed by atoms with Gasteiger partial charge in [0, 0.05) is 35.6 Å². The summed E-state index contributed by atoms with van der Waals surface area (Å²) in [7, 11) is 0. The molecule has 1 aromatic carbocycles. The van der Waals surface area contributed by atoms with Crippen LogP contribution in [0.5, 0.6) is 0 Å². The van der Waals surface area contributed by atoms with E-state index in [0.717, 1.165) is 54.9 Å². The number of hydrogen-bond acceptors (Lipinski definition) is 4. The number of aromatic amines is 1. The van der Waals surface area contributed by atoms with Crippen molar-refractivity contribution in [1.82, 2.24) is 29.2 Å². The Hall–Kier alpha value is -3.19. The van der Waals surface area contributed by atoms with Crippen molar-refractivity contribution in [2.24, 2.45) is 5.41 Å². The highest BCUT2D eigenvalue weighted by Gasteiger charge is 2.64. The van der Waals surface area contributed by atoms with Crippen LogP contribution in [-0.2, 0) is 12.0 Å². The molecule has 1 N–H and O–H groups in total. The van der Waals surface area contributed by atoms with Gasteiger partial charge >= 0.3 is 0 Å². The molecule has 5 aliphatic rings. The van der Waals surface area contributed by atoms with Crippen LogP contribution in [0.15, 0.2) is 47.7 Å². The van der Waals surface area contributed by atoms with Gasteiger partial charge in [-0.3, -0.25) is 14.3 Å². The standard InChI is InChI=1S/C33H38N6O/c40-30-29-27(16-24(35-29)17-37-13-2-1-3-14-37)28(22-7-8-22)18-38(30)26-6-4-5-23(15-26)33(19-32(20-33)11-12-32)31-36-34-21-39(31)25-9-10-25/h4-6,15-16,18,21-22,25,35H,1-3,7-14,17,19-20H2. The third kappa shape index (κ3) is 3.69. The van der Waals surface area contributed by atoms with Gasteiger partial charge in [0.15, 0.2) is 0 Å². The van der Waals surface area contributed by atoms with E-state index in [1.807, 2.05) is 10.9 Å². The zero-order valence-electron chi connectivity index (χ0n) is 23.2. The van der Waals surface area contributed by atoms with E-state index in [9.17, 15) is 4.79 Å². The fourth-order valence-electron chi connectivity index (χ4n) is 8.06. The first-order chi connectivity index (χ1) is 19.6. The zero-order valence-corrected chi connectivity index (χ0v) is 23.2. The van der Waals surface area contributed by atoms with E-state index < -0.39 is 0 Å². The minimum absolute atomic E-state index is 0.0592. The van der Waals surface area contributed by atoms with Crippen LogP contribution >= 0.6 is 0 Å². The maximum Gasteiger partial charge on any atom is 0.279 e. The Morgan fingerprint density at radius 1 is 1.00 bits per heavy atom. The van der Waals surface area contributed by atoms with Gasteiger partial charge in [0.2, 0.25) is 0 Å². The molecule has 3 aromatic heterocycles. The predicted octanol–water partition coefficient (Wildman–Crippen LogP) is 5.97.